The third kappa shape index (κ3) is 7.26. The number of carbonyl (C=O) groups is 4. The van der Waals surface area contributed by atoms with Gasteiger partial charge in [0.2, 0.25) is 4.77 Å². The van der Waals surface area contributed by atoms with E-state index in [0.29, 0.717) is 4.68 Å². The van der Waals surface area contributed by atoms with Crippen molar-refractivity contribution in [2.45, 2.75) is 64.8 Å². The topological polar surface area (TPSA) is 180 Å². The second-order valence-corrected chi connectivity index (χ2v) is 8.97. The largest absolute Gasteiger partial charge is 0.463 e. The van der Waals surface area contributed by atoms with Crippen molar-refractivity contribution < 1.29 is 42.9 Å². The molecule has 39 heavy (non-hydrogen) atoms. The molecule has 5 unspecified atom stereocenters. The summed E-state index contributed by atoms with van der Waals surface area (Å²) in [4.78, 5) is 60.6. The van der Waals surface area contributed by atoms with Crippen molar-refractivity contribution in [1.82, 2.24) is 14.5 Å². The molecule has 14 nitrogen and oxygen atoms in total. The van der Waals surface area contributed by atoms with Crippen LogP contribution >= 0.6 is 12.2 Å². The standard InChI is InChI=1S/C24H28N4O10S/c1-12(29)34-11-18-19(35-13(2)30)20(36-14(3)31)21(37-15(4)32)23(38-18)28-24(39)27(25)22(33)17(26-28)10-16-8-6-5-7-9-16/h5-9,18-21,23H,10-11,25H2,1-4H3. The van der Waals surface area contributed by atoms with Crippen LogP contribution in [0.25, 0.3) is 0 Å². The third-order valence-corrected chi connectivity index (χ3v) is 5.90. The lowest BCUT2D eigenvalue weighted by Gasteiger charge is -2.44. The van der Waals surface area contributed by atoms with Crippen LogP contribution in [0, 0.1) is 4.77 Å². The Labute approximate surface area is 227 Å². The molecule has 2 N–H and O–H groups in total. The van der Waals surface area contributed by atoms with Gasteiger partial charge in [-0.2, -0.15) is 9.77 Å². The van der Waals surface area contributed by atoms with E-state index in [2.05, 4.69) is 5.10 Å². The van der Waals surface area contributed by atoms with Crippen molar-refractivity contribution in [3.8, 4) is 0 Å². The number of esters is 4. The zero-order valence-corrected chi connectivity index (χ0v) is 22.4. The molecule has 0 bridgehead atoms. The van der Waals surface area contributed by atoms with Gasteiger partial charge in [0, 0.05) is 34.1 Å². The number of hydrogen-bond donors (Lipinski definition) is 1. The monoisotopic (exact) mass is 564 g/mol. The minimum Gasteiger partial charge on any atom is -0.463 e. The van der Waals surface area contributed by atoms with E-state index in [9.17, 15) is 24.0 Å². The fraction of sp³-hybridized carbons (Fsp3) is 0.458. The maximum Gasteiger partial charge on any atom is 0.303 e. The Bertz CT molecular complexity index is 1360. The normalized spacial score (nSPS) is 22.4. The lowest BCUT2D eigenvalue weighted by molar-refractivity contribution is -0.271. The summed E-state index contributed by atoms with van der Waals surface area (Å²) in [6.07, 6.45) is -6.92. The van der Waals surface area contributed by atoms with Crippen molar-refractivity contribution in [3.05, 3.63) is 56.7 Å². The number of nitrogens with zero attached hydrogens (tertiary/aromatic N) is 3. The first kappa shape index (κ1) is 29.4. The zero-order valence-electron chi connectivity index (χ0n) is 21.6. The van der Waals surface area contributed by atoms with E-state index in [1.165, 1.54) is 0 Å². The molecule has 1 aromatic carbocycles. The number of benzene rings is 1. The molecule has 5 atom stereocenters. The molecule has 1 fully saturated rings. The highest BCUT2D eigenvalue weighted by atomic mass is 32.1. The van der Waals surface area contributed by atoms with Crippen LogP contribution in [-0.4, -0.2) is 69.4 Å². The van der Waals surface area contributed by atoms with E-state index in [1.54, 1.807) is 24.3 Å². The molecule has 2 aromatic rings. The Morgan fingerprint density at radius 1 is 0.923 bits per heavy atom. The Morgan fingerprint density at radius 3 is 2.05 bits per heavy atom. The highest BCUT2D eigenvalue weighted by Crippen LogP contribution is 2.34. The number of ether oxygens (including phenoxy) is 5. The molecule has 1 saturated heterocycles. The van der Waals surface area contributed by atoms with Gasteiger partial charge in [0.05, 0.1) is 0 Å². The highest BCUT2D eigenvalue weighted by Gasteiger charge is 2.53. The Kier molecular flexibility index (Phi) is 9.53. The summed E-state index contributed by atoms with van der Waals surface area (Å²) in [5, 5.41) is 4.37. The first-order valence-corrected chi connectivity index (χ1v) is 12.1. The van der Waals surface area contributed by atoms with Gasteiger partial charge in [-0.3, -0.25) is 24.0 Å². The average Bonchev–Trinajstić information content (AvgIpc) is 2.85. The van der Waals surface area contributed by atoms with Crippen LogP contribution in [0.4, 0.5) is 0 Å². The summed E-state index contributed by atoms with van der Waals surface area (Å²) in [5.41, 5.74) is 0.0446. The van der Waals surface area contributed by atoms with Crippen LogP contribution in [0.1, 0.15) is 45.2 Å². The van der Waals surface area contributed by atoms with Gasteiger partial charge in [-0.05, 0) is 17.8 Å². The van der Waals surface area contributed by atoms with E-state index in [-0.39, 0.29) is 16.9 Å². The molecule has 0 spiro atoms. The maximum atomic E-state index is 12.9. The Morgan fingerprint density at radius 2 is 1.49 bits per heavy atom. The Balaban J connectivity index is 2.19. The van der Waals surface area contributed by atoms with Crippen LogP contribution < -0.4 is 11.4 Å². The van der Waals surface area contributed by atoms with Gasteiger partial charge in [-0.15, -0.1) is 0 Å². The van der Waals surface area contributed by atoms with Gasteiger partial charge in [0.15, 0.2) is 24.5 Å². The van der Waals surface area contributed by atoms with E-state index < -0.39 is 66.7 Å². The second kappa shape index (κ2) is 12.6. The van der Waals surface area contributed by atoms with Crippen LogP contribution in [-0.2, 0) is 49.3 Å². The minimum absolute atomic E-state index is 0.0230. The van der Waals surface area contributed by atoms with Crippen LogP contribution in [0.15, 0.2) is 35.1 Å². The molecular formula is C24H28N4O10S. The molecule has 1 aliphatic heterocycles. The quantitative estimate of drug-likeness (QED) is 0.201. The van der Waals surface area contributed by atoms with Gasteiger partial charge in [-0.25, -0.2) is 4.68 Å². The molecule has 0 aliphatic carbocycles. The zero-order chi connectivity index (χ0) is 28.9. The lowest BCUT2D eigenvalue weighted by Crippen LogP contribution is -2.61. The summed E-state index contributed by atoms with van der Waals surface area (Å²) in [6.45, 7) is 4.03. The summed E-state index contributed by atoms with van der Waals surface area (Å²) in [5.74, 6) is 2.94. The summed E-state index contributed by atoms with van der Waals surface area (Å²) in [6, 6.07) is 8.93. The molecule has 1 aliphatic rings. The number of carbonyl (C=O) groups excluding carboxylic acids is 4. The first-order valence-electron chi connectivity index (χ1n) is 11.7. The van der Waals surface area contributed by atoms with Gasteiger partial charge in [0.1, 0.15) is 18.4 Å². The SMILES string of the molecule is CC(=O)OCC1OC(n2nc(Cc3ccccc3)c(=O)n(N)c2=S)C(OC(C)=O)C(OC(C)=O)C1OC(C)=O. The van der Waals surface area contributed by atoms with Crippen molar-refractivity contribution in [3.63, 3.8) is 0 Å². The molecule has 15 heteroatoms. The summed E-state index contributed by atoms with van der Waals surface area (Å²) < 4.78 is 28.8. The number of nitrogens with two attached hydrogens (primary N) is 1. The molecule has 1 aromatic heterocycles. The fourth-order valence-electron chi connectivity index (χ4n) is 4.02. The van der Waals surface area contributed by atoms with Crippen LogP contribution in [0.5, 0.6) is 0 Å². The smallest absolute Gasteiger partial charge is 0.303 e. The van der Waals surface area contributed by atoms with Gasteiger partial charge >= 0.3 is 23.9 Å². The number of aromatic nitrogens is 3. The van der Waals surface area contributed by atoms with Crippen LogP contribution in [0.3, 0.4) is 0 Å². The van der Waals surface area contributed by atoms with Crippen molar-refractivity contribution in [2.24, 2.45) is 0 Å². The molecule has 0 saturated carbocycles. The van der Waals surface area contributed by atoms with Gasteiger partial charge in [-0.1, -0.05) is 30.3 Å². The fourth-order valence-corrected chi connectivity index (χ4v) is 4.25. The molecule has 2 heterocycles. The van der Waals surface area contributed by atoms with E-state index in [0.717, 1.165) is 37.9 Å². The highest BCUT2D eigenvalue weighted by molar-refractivity contribution is 7.71. The average molecular weight is 565 g/mol. The van der Waals surface area contributed by atoms with E-state index >= 15 is 0 Å². The molecule has 210 valence electrons. The lowest BCUT2D eigenvalue weighted by atomic mass is 9.97. The predicted molar refractivity (Wildman–Crippen MR) is 134 cm³/mol. The third-order valence-electron chi connectivity index (χ3n) is 5.52. The number of nitrogen functional groups attached to an aromatic ring is 1. The van der Waals surface area contributed by atoms with E-state index in [4.69, 9.17) is 41.7 Å². The molecule has 0 amide bonds. The number of rotatable bonds is 8. The molecule has 0 radical (unpaired) electrons. The van der Waals surface area contributed by atoms with Crippen molar-refractivity contribution in [2.75, 3.05) is 12.4 Å². The van der Waals surface area contributed by atoms with Gasteiger partial charge in [0.25, 0.3) is 5.56 Å². The Hall–Kier alpha value is -4.11. The van der Waals surface area contributed by atoms with E-state index in [1.807, 2.05) is 6.07 Å². The van der Waals surface area contributed by atoms with Crippen molar-refractivity contribution in [1.29, 1.82) is 0 Å². The summed E-state index contributed by atoms with van der Waals surface area (Å²) >= 11 is 5.36. The van der Waals surface area contributed by atoms with Crippen LogP contribution in [0.2, 0.25) is 0 Å². The van der Waals surface area contributed by atoms with Crippen molar-refractivity contribution >= 4 is 36.1 Å². The molecule has 3 rings (SSSR count). The first-order chi connectivity index (χ1) is 18.4. The minimum atomic E-state index is -1.48. The predicted octanol–water partition coefficient (Wildman–Crippen LogP) is 0.334. The summed E-state index contributed by atoms with van der Waals surface area (Å²) in [7, 11) is 0. The second-order valence-electron chi connectivity index (χ2n) is 8.60. The number of hydrogen-bond acceptors (Lipinski definition) is 13. The van der Waals surface area contributed by atoms with Gasteiger partial charge < -0.3 is 29.5 Å². The molecular weight excluding hydrogens is 536 g/mol. The maximum absolute atomic E-state index is 12.9.